The number of nitrogens with one attached hydrogen (secondary N) is 1. The van der Waals surface area contributed by atoms with Crippen molar-refractivity contribution in [3.63, 3.8) is 0 Å². The summed E-state index contributed by atoms with van der Waals surface area (Å²) in [7, 11) is -3.22. The number of carbonyl (C=O) groups is 1. The number of hydrogen-bond donors (Lipinski definition) is 1. The Morgan fingerprint density at radius 3 is 2.54 bits per heavy atom. The van der Waals surface area contributed by atoms with E-state index >= 15 is 0 Å². The summed E-state index contributed by atoms with van der Waals surface area (Å²) in [5.74, 6) is -0.0681. The van der Waals surface area contributed by atoms with Gasteiger partial charge in [-0.1, -0.05) is 6.92 Å². The van der Waals surface area contributed by atoms with Crippen LogP contribution in [0.3, 0.4) is 0 Å². The molecule has 152 valence electrons. The van der Waals surface area contributed by atoms with Crippen LogP contribution in [0.2, 0.25) is 0 Å². The van der Waals surface area contributed by atoms with E-state index in [1.165, 1.54) is 4.31 Å². The Morgan fingerprint density at radius 1 is 1.19 bits per heavy atom. The van der Waals surface area contributed by atoms with Crippen LogP contribution in [0.15, 0.2) is 0 Å². The van der Waals surface area contributed by atoms with Gasteiger partial charge in [-0.25, -0.2) is 12.7 Å². The molecule has 26 heavy (non-hydrogen) atoms. The van der Waals surface area contributed by atoms with Crippen LogP contribution in [0.4, 0.5) is 0 Å². The van der Waals surface area contributed by atoms with Gasteiger partial charge >= 0.3 is 0 Å². The van der Waals surface area contributed by atoms with Gasteiger partial charge in [0.05, 0.1) is 23.9 Å². The highest BCUT2D eigenvalue weighted by molar-refractivity contribution is 7.89. The van der Waals surface area contributed by atoms with E-state index in [2.05, 4.69) is 24.1 Å². The third-order valence-electron chi connectivity index (χ3n) is 5.06. The number of ether oxygens (including phenoxy) is 1. The van der Waals surface area contributed by atoms with Crippen molar-refractivity contribution < 1.29 is 17.9 Å². The average molecular weight is 390 g/mol. The minimum atomic E-state index is -3.22. The van der Waals surface area contributed by atoms with Crippen LogP contribution in [0.5, 0.6) is 0 Å². The molecule has 0 saturated carbocycles. The minimum absolute atomic E-state index is 0.00916. The van der Waals surface area contributed by atoms with Gasteiger partial charge < -0.3 is 10.1 Å². The van der Waals surface area contributed by atoms with E-state index in [0.29, 0.717) is 26.1 Å². The molecular formula is C18H35N3O4S. The third-order valence-corrected chi connectivity index (χ3v) is 7.10. The fourth-order valence-corrected chi connectivity index (χ4v) is 5.51. The molecule has 8 heteroatoms. The maximum Gasteiger partial charge on any atom is 0.224 e. The molecular weight excluding hydrogens is 354 g/mol. The fraction of sp³-hybridized carbons (Fsp3) is 0.944. The second-order valence-electron chi connectivity index (χ2n) is 7.67. The van der Waals surface area contributed by atoms with Crippen molar-refractivity contribution >= 4 is 15.9 Å². The molecule has 2 aliphatic heterocycles. The summed E-state index contributed by atoms with van der Waals surface area (Å²) in [6.45, 7) is 10.4. The number of amides is 1. The van der Waals surface area contributed by atoms with E-state index in [4.69, 9.17) is 4.74 Å². The molecule has 1 amide bonds. The Kier molecular flexibility index (Phi) is 8.32. The van der Waals surface area contributed by atoms with Crippen LogP contribution in [0.25, 0.3) is 0 Å². The first kappa shape index (κ1) is 21.6. The largest absolute Gasteiger partial charge is 0.373 e. The fourth-order valence-electron chi connectivity index (χ4n) is 3.92. The van der Waals surface area contributed by atoms with Gasteiger partial charge in [-0.05, 0) is 39.5 Å². The second kappa shape index (κ2) is 10.0. The van der Waals surface area contributed by atoms with Gasteiger partial charge in [-0.15, -0.1) is 0 Å². The summed E-state index contributed by atoms with van der Waals surface area (Å²) < 4.78 is 31.7. The number of carbonyl (C=O) groups excluding carboxylic acids is 1. The van der Waals surface area contributed by atoms with Crippen molar-refractivity contribution in [3.05, 3.63) is 0 Å². The Bertz CT molecular complexity index is 545. The molecule has 2 fully saturated rings. The molecule has 1 N–H and O–H groups in total. The van der Waals surface area contributed by atoms with Crippen LogP contribution in [-0.4, -0.2) is 80.8 Å². The second-order valence-corrected chi connectivity index (χ2v) is 9.76. The zero-order chi connectivity index (χ0) is 19.2. The van der Waals surface area contributed by atoms with Crippen molar-refractivity contribution in [2.24, 2.45) is 5.92 Å². The van der Waals surface area contributed by atoms with Crippen molar-refractivity contribution in [2.45, 2.75) is 58.7 Å². The van der Waals surface area contributed by atoms with Crippen LogP contribution in [0.1, 0.15) is 46.5 Å². The lowest BCUT2D eigenvalue weighted by atomic mass is 9.99. The molecule has 0 bridgehead atoms. The molecule has 2 rings (SSSR count). The SMILES string of the molecule is CCCS(=O)(=O)N1CCCC(C(=O)NCCCN2CC(C)OC(C)C2)C1. The Balaban J connectivity index is 1.70. The maximum absolute atomic E-state index is 12.4. The van der Waals surface area contributed by atoms with E-state index in [-0.39, 0.29) is 29.8 Å². The van der Waals surface area contributed by atoms with Crippen LogP contribution >= 0.6 is 0 Å². The van der Waals surface area contributed by atoms with Gasteiger partial charge in [0.15, 0.2) is 0 Å². The summed E-state index contributed by atoms with van der Waals surface area (Å²) in [6, 6.07) is 0. The minimum Gasteiger partial charge on any atom is -0.373 e. The topological polar surface area (TPSA) is 79.0 Å². The summed E-state index contributed by atoms with van der Waals surface area (Å²) in [5, 5.41) is 3.00. The quantitative estimate of drug-likeness (QED) is 0.628. The predicted octanol–water partition coefficient (Wildman–Crippen LogP) is 1.05. The Labute approximate surface area is 158 Å². The molecule has 3 atom stereocenters. The molecule has 0 aliphatic carbocycles. The van der Waals surface area contributed by atoms with E-state index in [1.54, 1.807) is 0 Å². The maximum atomic E-state index is 12.4. The van der Waals surface area contributed by atoms with Crippen LogP contribution in [-0.2, 0) is 19.6 Å². The first-order valence-corrected chi connectivity index (χ1v) is 11.6. The van der Waals surface area contributed by atoms with Crippen molar-refractivity contribution in [1.29, 1.82) is 0 Å². The van der Waals surface area contributed by atoms with E-state index in [0.717, 1.165) is 38.9 Å². The number of nitrogens with zero attached hydrogens (tertiary/aromatic N) is 2. The summed E-state index contributed by atoms with van der Waals surface area (Å²) in [4.78, 5) is 14.8. The van der Waals surface area contributed by atoms with Gasteiger partial charge in [-0.3, -0.25) is 9.69 Å². The summed E-state index contributed by atoms with van der Waals surface area (Å²) in [6.07, 6.45) is 3.54. The van der Waals surface area contributed by atoms with Gasteiger partial charge in [0, 0.05) is 39.3 Å². The normalized spacial score (nSPS) is 28.8. The molecule has 0 spiro atoms. The van der Waals surface area contributed by atoms with Gasteiger partial charge in [0.25, 0.3) is 0 Å². The molecule has 7 nitrogen and oxygen atoms in total. The lowest BCUT2D eigenvalue weighted by Gasteiger charge is -2.35. The van der Waals surface area contributed by atoms with Crippen molar-refractivity contribution in [1.82, 2.24) is 14.5 Å². The summed E-state index contributed by atoms with van der Waals surface area (Å²) >= 11 is 0. The average Bonchev–Trinajstić information content (AvgIpc) is 2.58. The zero-order valence-corrected chi connectivity index (χ0v) is 17.3. The van der Waals surface area contributed by atoms with E-state index < -0.39 is 10.0 Å². The highest BCUT2D eigenvalue weighted by atomic mass is 32.2. The molecule has 2 saturated heterocycles. The number of rotatable bonds is 8. The molecule has 0 radical (unpaired) electrons. The molecule has 3 unspecified atom stereocenters. The highest BCUT2D eigenvalue weighted by Gasteiger charge is 2.31. The monoisotopic (exact) mass is 389 g/mol. The first-order valence-electron chi connectivity index (χ1n) is 9.95. The third kappa shape index (κ3) is 6.48. The van der Waals surface area contributed by atoms with Gasteiger partial charge in [0.2, 0.25) is 15.9 Å². The summed E-state index contributed by atoms with van der Waals surface area (Å²) in [5.41, 5.74) is 0. The van der Waals surface area contributed by atoms with E-state index in [1.807, 2.05) is 6.92 Å². The smallest absolute Gasteiger partial charge is 0.224 e. The standard InChI is InChI=1S/C18H35N3O4S/c1-4-11-26(23,24)21-10-5-7-17(14-21)18(22)19-8-6-9-20-12-15(2)25-16(3)13-20/h15-17H,4-14H2,1-3H3,(H,19,22). The Hall–Kier alpha value is -0.700. The highest BCUT2D eigenvalue weighted by Crippen LogP contribution is 2.20. The Morgan fingerprint density at radius 2 is 1.88 bits per heavy atom. The molecule has 2 heterocycles. The molecule has 0 aromatic rings. The predicted molar refractivity (Wildman–Crippen MR) is 102 cm³/mol. The van der Waals surface area contributed by atoms with Crippen LogP contribution < -0.4 is 5.32 Å². The van der Waals surface area contributed by atoms with Crippen LogP contribution in [0, 0.1) is 5.92 Å². The van der Waals surface area contributed by atoms with Gasteiger partial charge in [0.1, 0.15) is 0 Å². The molecule has 0 aromatic carbocycles. The number of morpholine rings is 1. The molecule has 0 aromatic heterocycles. The number of hydrogen-bond acceptors (Lipinski definition) is 5. The zero-order valence-electron chi connectivity index (χ0n) is 16.4. The van der Waals surface area contributed by atoms with Crippen molar-refractivity contribution in [3.8, 4) is 0 Å². The first-order chi connectivity index (χ1) is 12.3. The lowest BCUT2D eigenvalue weighted by molar-refractivity contribution is -0.126. The number of piperidine rings is 1. The lowest BCUT2D eigenvalue weighted by Crippen LogP contribution is -2.47. The number of sulfonamides is 1. The van der Waals surface area contributed by atoms with Crippen molar-refractivity contribution in [2.75, 3.05) is 45.0 Å². The molecule has 2 aliphatic rings. The van der Waals surface area contributed by atoms with Gasteiger partial charge in [-0.2, -0.15) is 0 Å². The van der Waals surface area contributed by atoms with E-state index in [9.17, 15) is 13.2 Å².